The van der Waals surface area contributed by atoms with E-state index < -0.39 is 10.8 Å². The molecule has 7 nitrogen and oxygen atoms in total. The minimum absolute atomic E-state index is 0.00788. The standard InChI is InChI=1S/C11H16N4O3/c1-3-7(4-2)14-11(16)8-5-10(12)13-6-9(8)15(17)18/h5-7H,3-4H2,1-2H3,(H2,12,13)(H,14,16). The molecule has 1 aromatic rings. The Morgan fingerprint density at radius 3 is 2.67 bits per heavy atom. The smallest absolute Gasteiger partial charge is 0.300 e. The van der Waals surface area contributed by atoms with Gasteiger partial charge in [-0.3, -0.25) is 14.9 Å². The van der Waals surface area contributed by atoms with Gasteiger partial charge in [-0.05, 0) is 18.9 Å². The fraction of sp³-hybridized carbons (Fsp3) is 0.455. The number of carbonyl (C=O) groups is 1. The highest BCUT2D eigenvalue weighted by Crippen LogP contribution is 2.19. The number of anilines is 1. The highest BCUT2D eigenvalue weighted by molar-refractivity contribution is 5.98. The van der Waals surface area contributed by atoms with Crippen LogP contribution in [0.1, 0.15) is 37.0 Å². The molecule has 0 aromatic carbocycles. The quantitative estimate of drug-likeness (QED) is 0.609. The molecule has 3 N–H and O–H groups in total. The summed E-state index contributed by atoms with van der Waals surface area (Å²) in [5.41, 5.74) is 5.05. The SMILES string of the molecule is CCC(CC)NC(=O)c1cc(N)ncc1[N+](=O)[O-]. The van der Waals surface area contributed by atoms with Crippen LogP contribution >= 0.6 is 0 Å². The minimum Gasteiger partial charge on any atom is -0.384 e. The second kappa shape index (κ2) is 5.95. The van der Waals surface area contributed by atoms with Crippen molar-refractivity contribution in [3.05, 3.63) is 27.9 Å². The second-order valence-electron chi connectivity index (χ2n) is 3.87. The number of rotatable bonds is 5. The van der Waals surface area contributed by atoms with Crippen LogP contribution in [0.4, 0.5) is 11.5 Å². The molecule has 0 unspecified atom stereocenters. The van der Waals surface area contributed by atoms with Crippen molar-refractivity contribution in [1.29, 1.82) is 0 Å². The van der Waals surface area contributed by atoms with Gasteiger partial charge in [0.2, 0.25) is 0 Å². The van der Waals surface area contributed by atoms with E-state index in [0.29, 0.717) is 0 Å². The van der Waals surface area contributed by atoms with E-state index in [9.17, 15) is 14.9 Å². The van der Waals surface area contributed by atoms with Gasteiger partial charge in [0.25, 0.3) is 11.6 Å². The van der Waals surface area contributed by atoms with E-state index in [2.05, 4.69) is 10.3 Å². The first-order valence-electron chi connectivity index (χ1n) is 5.70. The lowest BCUT2D eigenvalue weighted by Gasteiger charge is -2.14. The van der Waals surface area contributed by atoms with Gasteiger partial charge in [-0.1, -0.05) is 13.8 Å². The summed E-state index contributed by atoms with van der Waals surface area (Å²) < 4.78 is 0. The van der Waals surface area contributed by atoms with Crippen molar-refractivity contribution in [2.45, 2.75) is 32.7 Å². The molecule has 0 bridgehead atoms. The van der Waals surface area contributed by atoms with Crippen LogP contribution in [-0.2, 0) is 0 Å². The zero-order chi connectivity index (χ0) is 13.7. The molecule has 1 heterocycles. The Hall–Kier alpha value is -2.18. The highest BCUT2D eigenvalue weighted by atomic mass is 16.6. The van der Waals surface area contributed by atoms with Crippen LogP contribution in [0.3, 0.4) is 0 Å². The molecule has 0 aliphatic rings. The number of aromatic nitrogens is 1. The van der Waals surface area contributed by atoms with Gasteiger partial charge in [-0.15, -0.1) is 0 Å². The van der Waals surface area contributed by atoms with Crippen LogP contribution in [0.2, 0.25) is 0 Å². The van der Waals surface area contributed by atoms with E-state index in [1.807, 2.05) is 13.8 Å². The molecule has 0 radical (unpaired) electrons. The maximum Gasteiger partial charge on any atom is 0.300 e. The van der Waals surface area contributed by atoms with Crippen molar-refractivity contribution < 1.29 is 9.72 Å². The molecule has 1 aromatic heterocycles. The van der Waals surface area contributed by atoms with Crippen molar-refractivity contribution in [2.24, 2.45) is 0 Å². The van der Waals surface area contributed by atoms with Crippen molar-refractivity contribution in [3.8, 4) is 0 Å². The summed E-state index contributed by atoms with van der Waals surface area (Å²) in [4.78, 5) is 25.7. The lowest BCUT2D eigenvalue weighted by molar-refractivity contribution is -0.385. The third-order valence-corrected chi connectivity index (χ3v) is 2.67. The Morgan fingerprint density at radius 2 is 2.17 bits per heavy atom. The topological polar surface area (TPSA) is 111 Å². The number of pyridine rings is 1. The van der Waals surface area contributed by atoms with Gasteiger partial charge in [0, 0.05) is 6.04 Å². The summed E-state index contributed by atoms with van der Waals surface area (Å²) in [6, 6.07) is 1.21. The predicted octanol–water partition coefficient (Wildman–Crippen LogP) is 1.49. The van der Waals surface area contributed by atoms with Crippen molar-refractivity contribution in [3.63, 3.8) is 0 Å². The lowest BCUT2D eigenvalue weighted by atomic mass is 10.1. The molecule has 0 saturated heterocycles. The van der Waals surface area contributed by atoms with Gasteiger partial charge in [0.05, 0.1) is 4.92 Å². The van der Waals surface area contributed by atoms with Crippen LogP contribution in [-0.4, -0.2) is 21.9 Å². The predicted molar refractivity (Wildman–Crippen MR) is 67.1 cm³/mol. The summed E-state index contributed by atoms with van der Waals surface area (Å²) >= 11 is 0. The van der Waals surface area contributed by atoms with E-state index in [-0.39, 0.29) is 23.1 Å². The van der Waals surface area contributed by atoms with E-state index >= 15 is 0 Å². The first-order chi connectivity index (χ1) is 8.49. The normalized spacial score (nSPS) is 10.4. The zero-order valence-electron chi connectivity index (χ0n) is 10.3. The van der Waals surface area contributed by atoms with Gasteiger partial charge in [-0.2, -0.15) is 0 Å². The van der Waals surface area contributed by atoms with Crippen LogP contribution in [0.5, 0.6) is 0 Å². The lowest BCUT2D eigenvalue weighted by Crippen LogP contribution is -2.34. The van der Waals surface area contributed by atoms with Crippen molar-refractivity contribution in [1.82, 2.24) is 10.3 Å². The summed E-state index contributed by atoms with van der Waals surface area (Å²) in [6.07, 6.45) is 2.52. The first kappa shape index (κ1) is 13.9. The Balaban J connectivity index is 3.03. The minimum atomic E-state index is -0.645. The summed E-state index contributed by atoms with van der Waals surface area (Å²) in [7, 11) is 0. The maximum atomic E-state index is 12.0. The molecule has 0 spiro atoms. The van der Waals surface area contributed by atoms with Gasteiger partial charge in [-0.25, -0.2) is 4.98 Å². The molecule has 1 rings (SSSR count). The Morgan fingerprint density at radius 1 is 1.56 bits per heavy atom. The summed E-state index contributed by atoms with van der Waals surface area (Å²) in [5, 5.41) is 13.5. The van der Waals surface area contributed by atoms with Crippen LogP contribution in [0.25, 0.3) is 0 Å². The molecular formula is C11H16N4O3. The van der Waals surface area contributed by atoms with E-state index in [1.54, 1.807) is 0 Å². The maximum absolute atomic E-state index is 12.0. The molecular weight excluding hydrogens is 236 g/mol. The highest BCUT2D eigenvalue weighted by Gasteiger charge is 2.22. The third-order valence-electron chi connectivity index (χ3n) is 2.67. The molecule has 0 aliphatic carbocycles. The molecule has 0 atom stereocenters. The molecule has 7 heteroatoms. The molecule has 18 heavy (non-hydrogen) atoms. The average Bonchev–Trinajstić information content (AvgIpc) is 2.35. The molecule has 0 fully saturated rings. The Kier molecular flexibility index (Phi) is 4.59. The Bertz CT molecular complexity index is 458. The number of nitro groups is 1. The summed E-state index contributed by atoms with van der Waals surface area (Å²) in [6.45, 7) is 3.87. The molecule has 1 amide bonds. The number of nitrogen functional groups attached to an aromatic ring is 1. The van der Waals surface area contributed by atoms with E-state index in [0.717, 1.165) is 19.0 Å². The molecule has 98 valence electrons. The number of carbonyl (C=O) groups excluding carboxylic acids is 1. The first-order valence-corrected chi connectivity index (χ1v) is 5.70. The number of hydrogen-bond acceptors (Lipinski definition) is 5. The molecule has 0 aliphatic heterocycles. The van der Waals surface area contributed by atoms with E-state index in [4.69, 9.17) is 5.73 Å². The second-order valence-corrected chi connectivity index (χ2v) is 3.87. The average molecular weight is 252 g/mol. The van der Waals surface area contributed by atoms with Crippen molar-refractivity contribution in [2.75, 3.05) is 5.73 Å². The van der Waals surface area contributed by atoms with Gasteiger partial charge in [0.1, 0.15) is 17.6 Å². The number of amides is 1. The van der Waals surface area contributed by atoms with Crippen molar-refractivity contribution >= 4 is 17.4 Å². The largest absolute Gasteiger partial charge is 0.384 e. The summed E-state index contributed by atoms with van der Waals surface area (Å²) in [5.74, 6) is -0.417. The van der Waals surface area contributed by atoms with Crippen LogP contribution in [0, 0.1) is 10.1 Å². The zero-order valence-corrected chi connectivity index (χ0v) is 10.3. The van der Waals surface area contributed by atoms with E-state index in [1.165, 1.54) is 6.07 Å². The van der Waals surface area contributed by atoms with Crippen LogP contribution in [0.15, 0.2) is 12.3 Å². The number of nitrogens with two attached hydrogens (primary N) is 1. The number of hydrogen-bond donors (Lipinski definition) is 2. The molecule has 0 saturated carbocycles. The Labute approximate surface area is 105 Å². The van der Waals surface area contributed by atoms with Crippen LogP contribution < -0.4 is 11.1 Å². The fourth-order valence-corrected chi connectivity index (χ4v) is 1.55. The van der Waals surface area contributed by atoms with Gasteiger partial charge >= 0.3 is 0 Å². The number of nitrogens with one attached hydrogen (secondary N) is 1. The number of nitrogens with zero attached hydrogens (tertiary/aromatic N) is 2. The van der Waals surface area contributed by atoms with Gasteiger partial charge in [0.15, 0.2) is 0 Å². The third kappa shape index (κ3) is 3.16. The fourth-order valence-electron chi connectivity index (χ4n) is 1.55. The van der Waals surface area contributed by atoms with Gasteiger partial charge < -0.3 is 11.1 Å². The monoisotopic (exact) mass is 252 g/mol.